The number of aliphatic carboxylic acids is 1. The highest BCUT2D eigenvalue weighted by atomic mass is 16.4. The Bertz CT molecular complexity index is 413. The number of rotatable bonds is 2. The van der Waals surface area contributed by atoms with Gasteiger partial charge in [-0.1, -0.05) is 34.1 Å². The Labute approximate surface area is 129 Å². The molecule has 0 radical (unpaired) electrons. The Balaban J connectivity index is 1.83. The van der Waals surface area contributed by atoms with Gasteiger partial charge in [0.15, 0.2) is 0 Å². The largest absolute Gasteiger partial charge is 0.480 e. The number of carboxylic acid groups (broad SMARTS) is 1. The number of carbonyl (C=O) groups is 1. The molecule has 0 amide bonds. The number of hydrogen-bond donors (Lipinski definition) is 1. The molecular formula is C18H31NO2. The molecule has 3 aliphatic rings. The van der Waals surface area contributed by atoms with Crippen molar-refractivity contribution in [2.75, 3.05) is 6.54 Å². The van der Waals surface area contributed by atoms with Crippen LogP contribution in [0, 0.1) is 22.7 Å². The fraction of sp³-hybridized carbons (Fsp3) is 0.944. The third-order valence-corrected chi connectivity index (χ3v) is 6.18. The normalized spacial score (nSPS) is 39.3. The van der Waals surface area contributed by atoms with Gasteiger partial charge in [0.25, 0.3) is 0 Å². The van der Waals surface area contributed by atoms with Crippen molar-refractivity contribution in [3.8, 4) is 0 Å². The monoisotopic (exact) mass is 293 g/mol. The van der Waals surface area contributed by atoms with Crippen molar-refractivity contribution in [2.24, 2.45) is 22.7 Å². The molecule has 3 heteroatoms. The molecule has 1 saturated heterocycles. The van der Waals surface area contributed by atoms with E-state index in [2.05, 4.69) is 32.6 Å². The van der Waals surface area contributed by atoms with Crippen LogP contribution in [0.3, 0.4) is 0 Å². The van der Waals surface area contributed by atoms with Gasteiger partial charge in [0.05, 0.1) is 0 Å². The van der Waals surface area contributed by atoms with Crippen LogP contribution in [-0.2, 0) is 4.79 Å². The van der Waals surface area contributed by atoms with Gasteiger partial charge in [-0.05, 0) is 54.8 Å². The molecule has 3 atom stereocenters. The lowest BCUT2D eigenvalue weighted by atomic mass is 9.63. The Morgan fingerprint density at radius 1 is 1.10 bits per heavy atom. The highest BCUT2D eigenvalue weighted by molar-refractivity contribution is 5.74. The van der Waals surface area contributed by atoms with E-state index in [0.717, 1.165) is 25.8 Å². The van der Waals surface area contributed by atoms with Crippen molar-refractivity contribution < 1.29 is 9.90 Å². The minimum atomic E-state index is -0.578. The summed E-state index contributed by atoms with van der Waals surface area (Å²) >= 11 is 0. The zero-order valence-electron chi connectivity index (χ0n) is 14.1. The molecule has 2 saturated carbocycles. The lowest BCUT2D eigenvalue weighted by molar-refractivity contribution is -0.145. The van der Waals surface area contributed by atoms with Crippen molar-refractivity contribution in [1.82, 2.24) is 4.90 Å². The summed E-state index contributed by atoms with van der Waals surface area (Å²) in [6.45, 7) is 10.4. The predicted molar refractivity (Wildman–Crippen MR) is 84.2 cm³/mol. The Hall–Kier alpha value is -0.570. The maximum absolute atomic E-state index is 11.9. The van der Waals surface area contributed by atoms with Crippen molar-refractivity contribution in [3.05, 3.63) is 0 Å². The van der Waals surface area contributed by atoms with Gasteiger partial charge in [0, 0.05) is 12.6 Å². The van der Waals surface area contributed by atoms with Gasteiger partial charge in [0.1, 0.15) is 6.04 Å². The quantitative estimate of drug-likeness (QED) is 0.842. The molecule has 3 rings (SSSR count). The Morgan fingerprint density at radius 3 is 2.29 bits per heavy atom. The third-order valence-electron chi connectivity index (χ3n) is 6.18. The average Bonchev–Trinajstić information content (AvgIpc) is 2.81. The molecule has 0 aromatic rings. The molecule has 0 spiro atoms. The summed E-state index contributed by atoms with van der Waals surface area (Å²) in [4.78, 5) is 14.3. The van der Waals surface area contributed by atoms with E-state index < -0.39 is 5.97 Å². The van der Waals surface area contributed by atoms with E-state index in [9.17, 15) is 9.90 Å². The summed E-state index contributed by atoms with van der Waals surface area (Å²) in [6, 6.07) is 0.239. The molecule has 3 fully saturated rings. The second-order valence-corrected chi connectivity index (χ2v) is 9.40. The number of carboxylic acids is 1. The Kier molecular flexibility index (Phi) is 3.63. The lowest BCUT2D eigenvalue weighted by Crippen LogP contribution is -2.51. The molecule has 1 N–H and O–H groups in total. The van der Waals surface area contributed by atoms with Gasteiger partial charge in [-0.2, -0.15) is 0 Å². The lowest BCUT2D eigenvalue weighted by Gasteiger charge is -2.49. The summed E-state index contributed by atoms with van der Waals surface area (Å²) in [5.74, 6) is 0.473. The van der Waals surface area contributed by atoms with Crippen LogP contribution < -0.4 is 0 Å². The first kappa shape index (κ1) is 15.3. The Morgan fingerprint density at radius 2 is 1.71 bits per heavy atom. The molecule has 0 aromatic heterocycles. The van der Waals surface area contributed by atoms with E-state index in [1.807, 2.05) is 0 Å². The van der Waals surface area contributed by atoms with Crippen LogP contribution in [-0.4, -0.2) is 34.6 Å². The van der Waals surface area contributed by atoms with Gasteiger partial charge in [-0.15, -0.1) is 0 Å². The molecule has 1 aliphatic heterocycles. The first-order valence-corrected chi connectivity index (χ1v) is 8.67. The maximum Gasteiger partial charge on any atom is 0.321 e. The van der Waals surface area contributed by atoms with Crippen molar-refractivity contribution in [2.45, 2.75) is 78.3 Å². The van der Waals surface area contributed by atoms with Crippen molar-refractivity contribution in [3.63, 3.8) is 0 Å². The van der Waals surface area contributed by atoms with Crippen molar-refractivity contribution in [1.29, 1.82) is 0 Å². The number of fused-ring (bicyclic) bond motifs is 1. The summed E-state index contributed by atoms with van der Waals surface area (Å²) in [5.41, 5.74) is 0.653. The first-order chi connectivity index (χ1) is 9.69. The fourth-order valence-corrected chi connectivity index (χ4v) is 6.06. The second kappa shape index (κ2) is 4.97. The number of hydrogen-bond acceptors (Lipinski definition) is 2. The minimum Gasteiger partial charge on any atom is -0.480 e. The molecule has 1 heterocycles. The van der Waals surface area contributed by atoms with Gasteiger partial charge in [-0.25, -0.2) is 0 Å². The third kappa shape index (κ3) is 2.86. The van der Waals surface area contributed by atoms with E-state index in [1.165, 1.54) is 19.3 Å². The SMILES string of the molecule is CC1(C)CC(N2CC3CCCC3C2C(=O)O)CC(C)(C)C1. The summed E-state index contributed by atoms with van der Waals surface area (Å²) in [6.07, 6.45) is 7.14. The number of nitrogens with zero attached hydrogens (tertiary/aromatic N) is 1. The van der Waals surface area contributed by atoms with Gasteiger partial charge < -0.3 is 5.11 Å². The second-order valence-electron chi connectivity index (χ2n) is 9.40. The fourth-order valence-electron chi connectivity index (χ4n) is 6.06. The van der Waals surface area contributed by atoms with Gasteiger partial charge in [0.2, 0.25) is 0 Å². The summed E-state index contributed by atoms with van der Waals surface area (Å²) < 4.78 is 0. The van der Waals surface area contributed by atoms with Crippen LogP contribution in [0.25, 0.3) is 0 Å². The molecule has 120 valence electrons. The van der Waals surface area contributed by atoms with Crippen LogP contribution in [0.2, 0.25) is 0 Å². The minimum absolute atomic E-state index is 0.216. The van der Waals surface area contributed by atoms with Gasteiger partial charge in [-0.3, -0.25) is 9.69 Å². The first-order valence-electron chi connectivity index (χ1n) is 8.67. The van der Waals surface area contributed by atoms with Crippen LogP contribution in [0.5, 0.6) is 0 Å². The molecule has 3 nitrogen and oxygen atoms in total. The van der Waals surface area contributed by atoms with Crippen LogP contribution >= 0.6 is 0 Å². The molecule has 2 aliphatic carbocycles. The standard InChI is InChI=1S/C18H31NO2/c1-17(2)8-13(9-18(3,4)11-17)19-10-12-6-5-7-14(12)15(19)16(20)21/h12-15H,5-11H2,1-4H3,(H,20,21). The smallest absolute Gasteiger partial charge is 0.321 e. The highest BCUT2D eigenvalue weighted by Gasteiger charge is 2.52. The molecule has 21 heavy (non-hydrogen) atoms. The molecule has 3 unspecified atom stereocenters. The molecule has 0 aromatic carbocycles. The van der Waals surface area contributed by atoms with Crippen LogP contribution in [0.1, 0.15) is 66.2 Å². The van der Waals surface area contributed by atoms with E-state index in [4.69, 9.17) is 0 Å². The molecule has 0 bridgehead atoms. The number of likely N-dealkylation sites (tertiary alicyclic amines) is 1. The predicted octanol–water partition coefficient (Wildman–Crippen LogP) is 3.78. The zero-order valence-corrected chi connectivity index (χ0v) is 14.1. The van der Waals surface area contributed by atoms with Crippen molar-refractivity contribution >= 4 is 5.97 Å². The van der Waals surface area contributed by atoms with Gasteiger partial charge >= 0.3 is 5.97 Å². The van der Waals surface area contributed by atoms with E-state index in [-0.39, 0.29) is 6.04 Å². The van der Waals surface area contributed by atoms with E-state index >= 15 is 0 Å². The summed E-state index contributed by atoms with van der Waals surface area (Å²) in [5, 5.41) is 9.78. The zero-order chi connectivity index (χ0) is 15.4. The van der Waals surface area contributed by atoms with E-state index in [1.54, 1.807) is 0 Å². The highest BCUT2D eigenvalue weighted by Crippen LogP contribution is 2.51. The maximum atomic E-state index is 11.9. The molecular weight excluding hydrogens is 262 g/mol. The van der Waals surface area contributed by atoms with Crippen LogP contribution in [0.15, 0.2) is 0 Å². The van der Waals surface area contributed by atoms with E-state index in [0.29, 0.717) is 28.7 Å². The summed E-state index contributed by atoms with van der Waals surface area (Å²) in [7, 11) is 0. The average molecular weight is 293 g/mol. The topological polar surface area (TPSA) is 40.5 Å². The van der Waals surface area contributed by atoms with Crippen LogP contribution in [0.4, 0.5) is 0 Å².